The van der Waals surface area contributed by atoms with Crippen molar-refractivity contribution in [3.05, 3.63) is 127 Å². The third-order valence-corrected chi connectivity index (χ3v) is 10.1. The number of hydrogen-bond acceptors (Lipinski definition) is 4. The van der Waals surface area contributed by atoms with Crippen LogP contribution in [0, 0.1) is 0 Å². The number of benzene rings is 6. The molecule has 4 heterocycles. The smallest absolute Gasteiger partial charge is 0.223 e. The lowest BCUT2D eigenvalue weighted by molar-refractivity contribution is 0.667. The number of rotatable bonds is 2. The molecule has 6 heteroatoms. The highest BCUT2D eigenvalue weighted by Gasteiger charge is 2.22. The van der Waals surface area contributed by atoms with E-state index in [9.17, 15) is 0 Å². The molecule has 0 aliphatic carbocycles. The van der Waals surface area contributed by atoms with Crippen LogP contribution in [0.15, 0.2) is 126 Å². The predicted molar refractivity (Wildman–Crippen MR) is 184 cm³/mol. The lowest BCUT2D eigenvalue weighted by Crippen LogP contribution is -1.95. The number of thiophene rings is 1. The van der Waals surface area contributed by atoms with Crippen LogP contribution in [-0.4, -0.2) is 14.5 Å². The minimum absolute atomic E-state index is 0.198. The minimum atomic E-state index is 0.198. The quantitative estimate of drug-likeness (QED) is 0.185. The number of halogens is 1. The van der Waals surface area contributed by atoms with Crippen molar-refractivity contribution in [2.75, 3.05) is 0 Å². The molecule has 0 spiro atoms. The third kappa shape index (κ3) is 3.23. The van der Waals surface area contributed by atoms with Crippen molar-refractivity contribution in [1.29, 1.82) is 0 Å². The van der Waals surface area contributed by atoms with Crippen molar-refractivity contribution in [3.63, 3.8) is 0 Å². The Hall–Kier alpha value is -5.23. The van der Waals surface area contributed by atoms with Gasteiger partial charge in [0, 0.05) is 58.4 Å². The summed E-state index contributed by atoms with van der Waals surface area (Å²) in [5.74, 6) is 0. The summed E-state index contributed by atoms with van der Waals surface area (Å²) in [4.78, 5) is 9.12. The third-order valence-electron chi connectivity index (χ3n) is 8.74. The number of aromatic nitrogens is 3. The van der Waals surface area contributed by atoms with E-state index >= 15 is 0 Å². The van der Waals surface area contributed by atoms with Gasteiger partial charge in [-0.05, 0) is 48.0 Å². The molecule has 206 valence electrons. The van der Waals surface area contributed by atoms with Crippen LogP contribution in [0.4, 0.5) is 0 Å². The van der Waals surface area contributed by atoms with Crippen molar-refractivity contribution in [2.24, 2.45) is 0 Å². The van der Waals surface area contributed by atoms with Gasteiger partial charge in [-0.2, -0.15) is 0 Å². The van der Waals surface area contributed by atoms with Crippen LogP contribution in [-0.2, 0) is 0 Å². The molecule has 0 saturated heterocycles. The molecule has 0 N–H and O–H groups in total. The van der Waals surface area contributed by atoms with Gasteiger partial charge in [-0.3, -0.25) is 0 Å². The van der Waals surface area contributed by atoms with Crippen molar-refractivity contribution in [2.45, 2.75) is 0 Å². The van der Waals surface area contributed by atoms with E-state index in [1.165, 1.54) is 52.8 Å². The normalized spacial score (nSPS) is 12.2. The molecule has 0 unspecified atom stereocenters. The molecular formula is C38H20ClN3OS. The van der Waals surface area contributed by atoms with Crippen LogP contribution in [0.5, 0.6) is 0 Å². The molecule has 6 aromatic carbocycles. The van der Waals surface area contributed by atoms with E-state index in [2.05, 4.69) is 112 Å². The van der Waals surface area contributed by atoms with Crippen LogP contribution in [0.25, 0.3) is 91.8 Å². The molecule has 0 atom stereocenters. The Bertz CT molecular complexity index is 2790. The van der Waals surface area contributed by atoms with E-state index in [-0.39, 0.29) is 5.28 Å². The van der Waals surface area contributed by atoms with Gasteiger partial charge in [0.15, 0.2) is 5.58 Å². The van der Waals surface area contributed by atoms with Gasteiger partial charge in [-0.1, -0.05) is 84.9 Å². The molecule has 4 nitrogen and oxygen atoms in total. The Labute approximate surface area is 259 Å². The summed E-state index contributed by atoms with van der Waals surface area (Å²) in [6, 6.07) is 42.7. The molecule has 10 aromatic rings. The molecule has 10 rings (SSSR count). The van der Waals surface area contributed by atoms with Gasteiger partial charge >= 0.3 is 0 Å². The largest absolute Gasteiger partial charge is 0.452 e. The molecule has 0 aliphatic rings. The van der Waals surface area contributed by atoms with Crippen molar-refractivity contribution in [3.8, 4) is 16.9 Å². The maximum atomic E-state index is 6.44. The molecule has 0 radical (unpaired) electrons. The van der Waals surface area contributed by atoms with Gasteiger partial charge in [0.2, 0.25) is 5.28 Å². The first kappa shape index (κ1) is 24.2. The highest BCUT2D eigenvalue weighted by atomic mass is 35.5. The van der Waals surface area contributed by atoms with Gasteiger partial charge in [-0.15, -0.1) is 11.3 Å². The van der Waals surface area contributed by atoms with Gasteiger partial charge < -0.3 is 8.98 Å². The fourth-order valence-corrected chi connectivity index (χ4v) is 8.33. The molecule has 4 aromatic heterocycles. The fourth-order valence-electron chi connectivity index (χ4n) is 6.91. The summed E-state index contributed by atoms with van der Waals surface area (Å²) < 4.78 is 11.3. The fraction of sp³-hybridized carbons (Fsp3) is 0. The maximum absolute atomic E-state index is 6.44. The lowest BCUT2D eigenvalue weighted by atomic mass is 10.00. The standard InChI is InChI=1S/C38H20ClN3OS/c39-38-40-33(36-34(41-38)26-12-4-7-15-29(26)43-36)21-17-19-22(20-18-21)42-28-14-6-3-11-25(28)31-32-27-13-5-8-16-30(27)44-37(32)24-10-2-1-9-23(24)35(31)42/h1-20H. The second-order valence-electron chi connectivity index (χ2n) is 11.1. The zero-order chi connectivity index (χ0) is 28.9. The Kier molecular flexibility index (Phi) is 4.90. The average molecular weight is 602 g/mol. The molecule has 0 aliphatic heterocycles. The van der Waals surface area contributed by atoms with E-state index in [1.807, 2.05) is 35.6 Å². The van der Waals surface area contributed by atoms with E-state index in [4.69, 9.17) is 16.0 Å². The SMILES string of the molecule is Clc1nc(-c2ccc(-n3c4ccccc4c4c5c6ccccc6sc5c5ccccc5c43)cc2)c2oc3ccccc3c2n1. The van der Waals surface area contributed by atoms with Crippen LogP contribution in [0.1, 0.15) is 0 Å². The van der Waals surface area contributed by atoms with Crippen LogP contribution in [0.2, 0.25) is 5.28 Å². The summed E-state index contributed by atoms with van der Waals surface area (Å²) >= 11 is 8.32. The lowest BCUT2D eigenvalue weighted by Gasteiger charge is -2.12. The summed E-state index contributed by atoms with van der Waals surface area (Å²) in [5, 5.41) is 8.82. The number of fused-ring (bicyclic) bond motifs is 13. The number of nitrogens with zero attached hydrogens (tertiary/aromatic N) is 3. The highest BCUT2D eigenvalue weighted by Crippen LogP contribution is 2.48. The Morgan fingerprint density at radius 2 is 1.30 bits per heavy atom. The van der Waals surface area contributed by atoms with Crippen molar-refractivity contribution >= 4 is 97.8 Å². The zero-order valence-corrected chi connectivity index (χ0v) is 24.7. The second-order valence-corrected chi connectivity index (χ2v) is 12.5. The molecule has 0 fully saturated rings. The average Bonchev–Trinajstić information content (AvgIpc) is 3.75. The zero-order valence-electron chi connectivity index (χ0n) is 23.1. The van der Waals surface area contributed by atoms with Crippen molar-refractivity contribution < 1.29 is 4.42 Å². The summed E-state index contributed by atoms with van der Waals surface area (Å²) in [6.07, 6.45) is 0. The van der Waals surface area contributed by atoms with Gasteiger partial charge in [0.05, 0.1) is 11.0 Å². The molecule has 0 saturated carbocycles. The first-order valence-electron chi connectivity index (χ1n) is 14.5. The topological polar surface area (TPSA) is 43.9 Å². The molecule has 0 amide bonds. The number of furan rings is 1. The van der Waals surface area contributed by atoms with Crippen molar-refractivity contribution in [1.82, 2.24) is 14.5 Å². The Morgan fingerprint density at radius 3 is 2.14 bits per heavy atom. The van der Waals surface area contributed by atoms with Crippen LogP contribution in [0.3, 0.4) is 0 Å². The first-order chi connectivity index (χ1) is 21.7. The Morgan fingerprint density at radius 1 is 0.614 bits per heavy atom. The molecule has 44 heavy (non-hydrogen) atoms. The van der Waals surface area contributed by atoms with Gasteiger partial charge in [0.25, 0.3) is 0 Å². The summed E-state index contributed by atoms with van der Waals surface area (Å²) in [6.45, 7) is 0. The number of hydrogen-bond donors (Lipinski definition) is 0. The van der Waals surface area contributed by atoms with Crippen LogP contribution >= 0.6 is 22.9 Å². The minimum Gasteiger partial charge on any atom is -0.452 e. The van der Waals surface area contributed by atoms with Gasteiger partial charge in [0.1, 0.15) is 16.8 Å². The van der Waals surface area contributed by atoms with Gasteiger partial charge in [-0.25, -0.2) is 9.97 Å². The second kappa shape index (κ2) is 8.89. The van der Waals surface area contributed by atoms with Crippen LogP contribution < -0.4 is 0 Å². The van der Waals surface area contributed by atoms with E-state index in [0.717, 1.165) is 27.7 Å². The van der Waals surface area contributed by atoms with E-state index < -0.39 is 0 Å². The highest BCUT2D eigenvalue weighted by molar-refractivity contribution is 7.27. The van der Waals surface area contributed by atoms with E-state index in [1.54, 1.807) is 0 Å². The predicted octanol–water partition coefficient (Wildman–Crippen LogP) is 11.3. The summed E-state index contributed by atoms with van der Waals surface area (Å²) in [7, 11) is 0. The monoisotopic (exact) mass is 601 g/mol. The molecule has 0 bridgehead atoms. The Balaban J connectivity index is 1.28. The summed E-state index contributed by atoms with van der Waals surface area (Å²) in [5.41, 5.74) is 7.19. The molecular weight excluding hydrogens is 582 g/mol. The van der Waals surface area contributed by atoms with E-state index in [0.29, 0.717) is 11.3 Å². The maximum Gasteiger partial charge on any atom is 0.223 e. The number of para-hydroxylation sites is 2. The first-order valence-corrected chi connectivity index (χ1v) is 15.6.